The van der Waals surface area contributed by atoms with Crippen molar-refractivity contribution in [3.05, 3.63) is 57.4 Å². The van der Waals surface area contributed by atoms with E-state index >= 15 is 0 Å². The maximum atomic E-state index is 12.4. The maximum Gasteiger partial charge on any atom is 0.280 e. The maximum absolute atomic E-state index is 12.4. The van der Waals surface area contributed by atoms with Crippen molar-refractivity contribution in [2.75, 3.05) is 0 Å². The minimum absolute atomic E-state index is 0.0704. The van der Waals surface area contributed by atoms with E-state index in [0.717, 1.165) is 6.42 Å². The number of hydrogen-bond acceptors (Lipinski definition) is 4. The SMILES string of the molecule is CC(Cc1ccsc1)n1cnc2cccnc2c1=O. The van der Waals surface area contributed by atoms with Gasteiger partial charge in [-0.3, -0.25) is 9.36 Å². The Morgan fingerprint density at radius 3 is 3.05 bits per heavy atom. The molecule has 0 bridgehead atoms. The van der Waals surface area contributed by atoms with Crippen LogP contribution < -0.4 is 5.56 Å². The van der Waals surface area contributed by atoms with Gasteiger partial charge in [0, 0.05) is 12.2 Å². The van der Waals surface area contributed by atoms with E-state index in [1.165, 1.54) is 5.56 Å². The Morgan fingerprint density at radius 2 is 2.26 bits per heavy atom. The van der Waals surface area contributed by atoms with Crippen LogP contribution in [0.2, 0.25) is 0 Å². The number of fused-ring (bicyclic) bond motifs is 1. The third-order valence-electron chi connectivity index (χ3n) is 3.13. The third kappa shape index (κ3) is 2.29. The second-order valence-corrected chi connectivity index (χ2v) is 5.29. The van der Waals surface area contributed by atoms with Gasteiger partial charge in [-0.2, -0.15) is 11.3 Å². The molecule has 19 heavy (non-hydrogen) atoms. The summed E-state index contributed by atoms with van der Waals surface area (Å²) in [5.41, 5.74) is 2.24. The first-order chi connectivity index (χ1) is 9.25. The van der Waals surface area contributed by atoms with Crippen LogP contribution in [0, 0.1) is 0 Å². The van der Waals surface area contributed by atoms with Crippen LogP contribution >= 0.6 is 11.3 Å². The van der Waals surface area contributed by atoms with Gasteiger partial charge in [0.15, 0.2) is 5.52 Å². The molecule has 0 saturated carbocycles. The van der Waals surface area contributed by atoms with Crippen LogP contribution in [0.25, 0.3) is 11.0 Å². The van der Waals surface area contributed by atoms with Gasteiger partial charge in [0.05, 0.1) is 11.8 Å². The van der Waals surface area contributed by atoms with Crippen LogP contribution in [0.1, 0.15) is 18.5 Å². The number of thiophene rings is 1. The molecule has 0 radical (unpaired) electrons. The first kappa shape index (κ1) is 12.0. The van der Waals surface area contributed by atoms with Crippen molar-refractivity contribution in [3.63, 3.8) is 0 Å². The van der Waals surface area contributed by atoms with Gasteiger partial charge in [0.1, 0.15) is 0 Å². The van der Waals surface area contributed by atoms with Crippen LogP contribution in [0.3, 0.4) is 0 Å². The molecule has 0 aliphatic rings. The van der Waals surface area contributed by atoms with Gasteiger partial charge >= 0.3 is 0 Å². The van der Waals surface area contributed by atoms with Crippen molar-refractivity contribution in [2.45, 2.75) is 19.4 Å². The second-order valence-electron chi connectivity index (χ2n) is 4.51. The molecule has 0 aliphatic heterocycles. The molecule has 1 unspecified atom stereocenters. The molecular formula is C14H13N3OS. The van der Waals surface area contributed by atoms with Crippen molar-refractivity contribution >= 4 is 22.4 Å². The minimum Gasteiger partial charge on any atom is -0.294 e. The van der Waals surface area contributed by atoms with Gasteiger partial charge in [0.2, 0.25) is 0 Å². The van der Waals surface area contributed by atoms with Crippen molar-refractivity contribution < 1.29 is 0 Å². The smallest absolute Gasteiger partial charge is 0.280 e. The Bertz CT molecular complexity index is 749. The number of nitrogens with zero attached hydrogens (tertiary/aromatic N) is 3. The Labute approximate surface area is 114 Å². The molecule has 3 heterocycles. The highest BCUT2D eigenvalue weighted by molar-refractivity contribution is 7.07. The van der Waals surface area contributed by atoms with Gasteiger partial charge in [-0.25, -0.2) is 9.97 Å². The lowest BCUT2D eigenvalue weighted by Crippen LogP contribution is -2.25. The summed E-state index contributed by atoms with van der Waals surface area (Å²) in [5.74, 6) is 0. The number of pyridine rings is 1. The summed E-state index contributed by atoms with van der Waals surface area (Å²) in [5, 5.41) is 4.15. The van der Waals surface area contributed by atoms with Gasteiger partial charge in [-0.05, 0) is 47.9 Å². The highest BCUT2D eigenvalue weighted by atomic mass is 32.1. The Balaban J connectivity index is 2.01. The fourth-order valence-electron chi connectivity index (χ4n) is 2.13. The molecule has 0 spiro atoms. The summed E-state index contributed by atoms with van der Waals surface area (Å²) in [4.78, 5) is 20.8. The van der Waals surface area contributed by atoms with E-state index in [0.29, 0.717) is 11.0 Å². The van der Waals surface area contributed by atoms with Crippen LogP contribution in [0.5, 0.6) is 0 Å². The van der Waals surface area contributed by atoms with Gasteiger partial charge < -0.3 is 0 Å². The average molecular weight is 271 g/mol. The summed E-state index contributed by atoms with van der Waals surface area (Å²) in [6.45, 7) is 2.02. The molecule has 96 valence electrons. The summed E-state index contributed by atoms with van der Waals surface area (Å²) >= 11 is 1.67. The molecule has 3 rings (SSSR count). The average Bonchev–Trinajstić information content (AvgIpc) is 2.92. The van der Waals surface area contributed by atoms with E-state index in [1.54, 1.807) is 40.6 Å². The Morgan fingerprint density at radius 1 is 1.37 bits per heavy atom. The molecule has 3 aromatic heterocycles. The van der Waals surface area contributed by atoms with E-state index in [2.05, 4.69) is 21.4 Å². The molecule has 0 fully saturated rings. The van der Waals surface area contributed by atoms with Crippen LogP contribution in [-0.4, -0.2) is 14.5 Å². The number of rotatable bonds is 3. The Kier molecular flexibility index (Phi) is 3.13. The first-order valence-electron chi connectivity index (χ1n) is 6.08. The zero-order valence-corrected chi connectivity index (χ0v) is 11.3. The first-order valence-corrected chi connectivity index (χ1v) is 7.03. The standard InChI is InChI=1S/C14H13N3OS/c1-10(7-11-4-6-19-8-11)17-9-16-12-3-2-5-15-13(12)14(17)18/h2-6,8-10H,7H2,1H3. The molecule has 1 atom stereocenters. The molecular weight excluding hydrogens is 258 g/mol. The predicted molar refractivity (Wildman–Crippen MR) is 76.5 cm³/mol. The van der Waals surface area contributed by atoms with E-state index in [4.69, 9.17) is 0 Å². The van der Waals surface area contributed by atoms with Crippen molar-refractivity contribution in [1.29, 1.82) is 0 Å². The molecule has 0 saturated heterocycles. The minimum atomic E-state index is -0.0756. The molecule has 0 amide bonds. The monoisotopic (exact) mass is 271 g/mol. The quantitative estimate of drug-likeness (QED) is 0.735. The normalized spacial score (nSPS) is 12.7. The van der Waals surface area contributed by atoms with E-state index in [1.807, 2.05) is 12.3 Å². The fourth-order valence-corrected chi connectivity index (χ4v) is 2.81. The highest BCUT2D eigenvalue weighted by Crippen LogP contribution is 2.15. The van der Waals surface area contributed by atoms with Gasteiger partial charge in [-0.15, -0.1) is 0 Å². The zero-order chi connectivity index (χ0) is 13.2. The topological polar surface area (TPSA) is 47.8 Å². The summed E-state index contributed by atoms with van der Waals surface area (Å²) in [6, 6.07) is 5.74. The number of hydrogen-bond donors (Lipinski definition) is 0. The van der Waals surface area contributed by atoms with E-state index < -0.39 is 0 Å². The molecule has 0 aliphatic carbocycles. The lowest BCUT2D eigenvalue weighted by Gasteiger charge is -2.14. The third-order valence-corrected chi connectivity index (χ3v) is 3.86. The predicted octanol–water partition coefficient (Wildman–Crippen LogP) is 2.66. The molecule has 3 aromatic rings. The summed E-state index contributed by atoms with van der Waals surface area (Å²) in [6.07, 6.45) is 4.06. The van der Waals surface area contributed by atoms with E-state index in [9.17, 15) is 4.79 Å². The van der Waals surface area contributed by atoms with Crippen molar-refractivity contribution in [1.82, 2.24) is 14.5 Å². The largest absolute Gasteiger partial charge is 0.294 e. The molecule has 0 N–H and O–H groups in total. The van der Waals surface area contributed by atoms with Crippen molar-refractivity contribution in [3.8, 4) is 0 Å². The van der Waals surface area contributed by atoms with Crippen LogP contribution in [-0.2, 0) is 6.42 Å². The van der Waals surface area contributed by atoms with Crippen molar-refractivity contribution in [2.24, 2.45) is 0 Å². The van der Waals surface area contributed by atoms with Gasteiger partial charge in [0.25, 0.3) is 5.56 Å². The summed E-state index contributed by atoms with van der Waals surface area (Å²) < 4.78 is 1.66. The number of aromatic nitrogens is 3. The van der Waals surface area contributed by atoms with Crippen LogP contribution in [0.4, 0.5) is 0 Å². The second kappa shape index (κ2) is 4.93. The molecule has 4 nitrogen and oxygen atoms in total. The Hall–Kier alpha value is -2.01. The lowest BCUT2D eigenvalue weighted by atomic mass is 10.1. The zero-order valence-electron chi connectivity index (χ0n) is 10.5. The molecule has 5 heteroatoms. The molecule has 0 aromatic carbocycles. The summed E-state index contributed by atoms with van der Waals surface area (Å²) in [7, 11) is 0. The van der Waals surface area contributed by atoms with E-state index in [-0.39, 0.29) is 11.6 Å². The van der Waals surface area contributed by atoms with Crippen LogP contribution in [0.15, 0.2) is 46.3 Å². The lowest BCUT2D eigenvalue weighted by molar-refractivity contribution is 0.523. The highest BCUT2D eigenvalue weighted by Gasteiger charge is 2.11. The fraction of sp³-hybridized carbons (Fsp3) is 0.214. The van der Waals surface area contributed by atoms with Gasteiger partial charge in [-0.1, -0.05) is 0 Å².